The summed E-state index contributed by atoms with van der Waals surface area (Å²) in [7, 11) is 0. The fraction of sp³-hybridized carbons (Fsp3) is 0.444. The zero-order valence-electron chi connectivity index (χ0n) is 20.1. The number of carboxylic acids is 1. The highest BCUT2D eigenvalue weighted by Gasteiger charge is 2.50. The Hall–Kier alpha value is -3.35. The molecule has 7 heteroatoms. The van der Waals surface area contributed by atoms with E-state index in [-0.39, 0.29) is 30.9 Å². The number of hydrogen-bond acceptors (Lipinski definition) is 4. The van der Waals surface area contributed by atoms with Crippen LogP contribution in [0.15, 0.2) is 48.5 Å². The smallest absolute Gasteiger partial charge is 0.408 e. The number of fused-ring (bicyclic) bond motifs is 3. The summed E-state index contributed by atoms with van der Waals surface area (Å²) >= 11 is 0. The SMILES string of the molecule is CCC(C)(NC(=O)OCC1c2ccccc2-c2ccccc21)C(=O)N1C[C@H](C)[C@@](C)(C(=O)O)C1. The van der Waals surface area contributed by atoms with E-state index in [2.05, 4.69) is 29.6 Å². The number of rotatable bonds is 6. The van der Waals surface area contributed by atoms with E-state index < -0.39 is 23.0 Å². The van der Waals surface area contributed by atoms with E-state index in [1.54, 1.807) is 18.7 Å². The van der Waals surface area contributed by atoms with Crippen molar-refractivity contribution >= 4 is 18.0 Å². The highest BCUT2D eigenvalue weighted by atomic mass is 16.5. The number of carbonyl (C=O) groups excluding carboxylic acids is 2. The quantitative estimate of drug-likeness (QED) is 0.666. The largest absolute Gasteiger partial charge is 0.481 e. The van der Waals surface area contributed by atoms with Gasteiger partial charge in [-0.25, -0.2) is 4.79 Å². The van der Waals surface area contributed by atoms with Crippen LogP contribution < -0.4 is 5.32 Å². The fourth-order valence-electron chi connectivity index (χ4n) is 5.08. The fourth-order valence-corrected chi connectivity index (χ4v) is 5.08. The van der Waals surface area contributed by atoms with Crippen LogP contribution in [0.1, 0.15) is 51.2 Å². The number of carboxylic acid groups (broad SMARTS) is 1. The normalized spacial score (nSPS) is 23.1. The van der Waals surface area contributed by atoms with Gasteiger partial charge in [-0.2, -0.15) is 0 Å². The van der Waals surface area contributed by atoms with E-state index in [1.807, 2.05) is 38.1 Å². The van der Waals surface area contributed by atoms with Gasteiger partial charge in [-0.1, -0.05) is 62.4 Å². The summed E-state index contributed by atoms with van der Waals surface area (Å²) in [5.41, 5.74) is 2.32. The lowest BCUT2D eigenvalue weighted by Gasteiger charge is -2.33. The van der Waals surface area contributed by atoms with Crippen LogP contribution in [0, 0.1) is 11.3 Å². The highest BCUT2D eigenvalue weighted by Crippen LogP contribution is 2.44. The van der Waals surface area contributed by atoms with Gasteiger partial charge in [0.15, 0.2) is 0 Å². The van der Waals surface area contributed by atoms with Crippen molar-refractivity contribution in [3.8, 4) is 11.1 Å². The van der Waals surface area contributed by atoms with E-state index >= 15 is 0 Å². The molecule has 2 aromatic carbocycles. The van der Waals surface area contributed by atoms with Crippen LogP contribution in [0.5, 0.6) is 0 Å². The minimum atomic E-state index is -1.19. The van der Waals surface area contributed by atoms with E-state index in [4.69, 9.17) is 4.74 Å². The van der Waals surface area contributed by atoms with Crippen LogP contribution in [0.4, 0.5) is 4.79 Å². The maximum absolute atomic E-state index is 13.3. The predicted octanol–water partition coefficient (Wildman–Crippen LogP) is 4.26. The minimum absolute atomic E-state index is 0.0718. The second-order valence-electron chi connectivity index (χ2n) is 9.95. The Balaban J connectivity index is 1.44. The lowest BCUT2D eigenvalue weighted by molar-refractivity contribution is -0.149. The molecular formula is C27H32N2O5. The lowest BCUT2D eigenvalue weighted by Crippen LogP contribution is -2.57. The summed E-state index contributed by atoms with van der Waals surface area (Å²) < 4.78 is 5.64. The Morgan fingerprint density at radius 3 is 2.18 bits per heavy atom. The molecule has 1 aliphatic carbocycles. The van der Waals surface area contributed by atoms with E-state index in [0.29, 0.717) is 13.0 Å². The number of hydrogen-bond donors (Lipinski definition) is 2. The first-order valence-corrected chi connectivity index (χ1v) is 11.8. The molecule has 1 aliphatic heterocycles. The third-order valence-corrected chi connectivity index (χ3v) is 7.78. The summed E-state index contributed by atoms with van der Waals surface area (Å²) in [6.45, 7) is 7.59. The monoisotopic (exact) mass is 464 g/mol. The van der Waals surface area contributed by atoms with Crippen molar-refractivity contribution in [1.82, 2.24) is 10.2 Å². The van der Waals surface area contributed by atoms with E-state index in [9.17, 15) is 19.5 Å². The van der Waals surface area contributed by atoms with Crippen molar-refractivity contribution in [2.24, 2.45) is 11.3 Å². The number of benzene rings is 2. The van der Waals surface area contributed by atoms with Gasteiger partial charge in [-0.15, -0.1) is 0 Å². The average molecular weight is 465 g/mol. The van der Waals surface area contributed by atoms with Gasteiger partial charge in [0.2, 0.25) is 5.91 Å². The number of nitrogens with zero attached hydrogens (tertiary/aromatic N) is 1. The lowest BCUT2D eigenvalue weighted by atomic mass is 9.81. The number of aliphatic carboxylic acids is 1. The van der Waals surface area contributed by atoms with Crippen LogP contribution >= 0.6 is 0 Å². The molecule has 34 heavy (non-hydrogen) atoms. The Kier molecular flexibility index (Phi) is 6.14. The van der Waals surface area contributed by atoms with Gasteiger partial charge in [-0.05, 0) is 48.4 Å². The molecular weight excluding hydrogens is 432 g/mol. The van der Waals surface area contributed by atoms with Crippen molar-refractivity contribution in [3.63, 3.8) is 0 Å². The maximum Gasteiger partial charge on any atom is 0.408 e. The average Bonchev–Trinajstić information content (AvgIpc) is 3.32. The summed E-state index contributed by atoms with van der Waals surface area (Å²) in [5.74, 6) is -1.47. The second-order valence-corrected chi connectivity index (χ2v) is 9.95. The molecule has 180 valence electrons. The van der Waals surface area contributed by atoms with Gasteiger partial charge < -0.3 is 20.1 Å². The molecule has 1 fully saturated rings. The number of likely N-dealkylation sites (tertiary alicyclic amines) is 1. The van der Waals surface area contributed by atoms with Gasteiger partial charge in [0.25, 0.3) is 0 Å². The summed E-state index contributed by atoms with van der Waals surface area (Å²) in [6, 6.07) is 16.2. The molecule has 0 saturated carbocycles. The van der Waals surface area contributed by atoms with Crippen LogP contribution in [-0.2, 0) is 14.3 Å². The van der Waals surface area contributed by atoms with Crippen molar-refractivity contribution in [2.45, 2.75) is 45.6 Å². The summed E-state index contributed by atoms with van der Waals surface area (Å²) in [5, 5.41) is 12.4. The first-order valence-electron chi connectivity index (χ1n) is 11.8. The zero-order chi connectivity index (χ0) is 24.7. The molecule has 2 N–H and O–H groups in total. The summed E-state index contributed by atoms with van der Waals surface area (Å²) in [4.78, 5) is 39.5. The van der Waals surface area contributed by atoms with Gasteiger partial charge in [-0.3, -0.25) is 9.59 Å². The molecule has 2 aromatic rings. The molecule has 2 aliphatic rings. The van der Waals surface area contributed by atoms with Crippen molar-refractivity contribution < 1.29 is 24.2 Å². The van der Waals surface area contributed by atoms with E-state index in [1.165, 1.54) is 0 Å². The molecule has 3 atom stereocenters. The van der Waals surface area contributed by atoms with Crippen LogP contribution in [0.2, 0.25) is 0 Å². The number of amides is 2. The van der Waals surface area contributed by atoms with Crippen LogP contribution in [-0.4, -0.2) is 53.2 Å². The summed E-state index contributed by atoms with van der Waals surface area (Å²) in [6.07, 6.45) is -0.308. The molecule has 1 saturated heterocycles. The molecule has 0 radical (unpaired) electrons. The number of ether oxygens (including phenoxy) is 1. The second kappa shape index (κ2) is 8.78. The van der Waals surface area contributed by atoms with Crippen LogP contribution in [0.3, 0.4) is 0 Å². The van der Waals surface area contributed by atoms with Gasteiger partial charge in [0, 0.05) is 19.0 Å². The molecule has 1 heterocycles. The molecule has 0 spiro atoms. The standard InChI is InChI=1S/C27H32N2O5/c1-5-27(4,23(30)29-14-17(2)26(3,16-29)24(31)32)28-25(33)34-15-22-20-12-8-6-10-18(20)19-11-7-9-13-21(19)22/h6-13,17,22H,5,14-16H2,1-4H3,(H,28,33)(H,31,32)/t17-,26-,27?/m0/s1. The van der Waals surface area contributed by atoms with E-state index in [0.717, 1.165) is 22.3 Å². The molecule has 0 aromatic heterocycles. The maximum atomic E-state index is 13.3. The number of nitrogens with one attached hydrogen (secondary N) is 1. The molecule has 2 amide bonds. The molecule has 1 unspecified atom stereocenters. The van der Waals surface area contributed by atoms with Gasteiger partial charge in [0.1, 0.15) is 12.1 Å². The number of carbonyl (C=O) groups is 3. The zero-order valence-corrected chi connectivity index (χ0v) is 20.1. The Morgan fingerprint density at radius 2 is 1.68 bits per heavy atom. The Bertz CT molecular complexity index is 1090. The van der Waals surface area contributed by atoms with Crippen molar-refractivity contribution in [2.75, 3.05) is 19.7 Å². The Morgan fingerprint density at radius 1 is 1.12 bits per heavy atom. The van der Waals surface area contributed by atoms with Crippen LogP contribution in [0.25, 0.3) is 11.1 Å². The third kappa shape index (κ3) is 3.93. The number of alkyl carbamates (subject to hydrolysis) is 1. The van der Waals surface area contributed by atoms with Crippen molar-refractivity contribution in [1.29, 1.82) is 0 Å². The Labute approximate surface area is 200 Å². The van der Waals surface area contributed by atoms with Crippen molar-refractivity contribution in [3.05, 3.63) is 59.7 Å². The topological polar surface area (TPSA) is 95.9 Å². The molecule has 7 nitrogen and oxygen atoms in total. The molecule has 0 bridgehead atoms. The third-order valence-electron chi connectivity index (χ3n) is 7.78. The first-order chi connectivity index (χ1) is 16.1. The highest BCUT2D eigenvalue weighted by molar-refractivity contribution is 5.91. The van der Waals surface area contributed by atoms with Gasteiger partial charge >= 0.3 is 12.1 Å². The minimum Gasteiger partial charge on any atom is -0.481 e. The van der Waals surface area contributed by atoms with Gasteiger partial charge in [0.05, 0.1) is 5.41 Å². The molecule has 4 rings (SSSR count). The first kappa shape index (κ1) is 23.8. The predicted molar refractivity (Wildman–Crippen MR) is 128 cm³/mol.